The van der Waals surface area contributed by atoms with Gasteiger partial charge < -0.3 is 5.32 Å². The molecular formula is C10H12ClF2N. The predicted octanol–water partition coefficient (Wildman–Crippen LogP) is 2.34. The first-order chi connectivity index (χ1) is 6.74. The highest BCUT2D eigenvalue weighted by Gasteiger charge is 2.01. The molecule has 4 heteroatoms. The van der Waals surface area contributed by atoms with E-state index in [-0.39, 0.29) is 0 Å². The van der Waals surface area contributed by atoms with Crippen molar-refractivity contribution in [3.8, 4) is 0 Å². The van der Waals surface area contributed by atoms with Crippen molar-refractivity contribution < 1.29 is 8.78 Å². The summed E-state index contributed by atoms with van der Waals surface area (Å²) in [7, 11) is 0. The van der Waals surface area contributed by atoms with Gasteiger partial charge >= 0.3 is 0 Å². The predicted molar refractivity (Wildman–Crippen MR) is 53.7 cm³/mol. The Bertz CT molecular complexity index is 291. The van der Waals surface area contributed by atoms with Crippen LogP contribution in [0.4, 0.5) is 8.78 Å². The van der Waals surface area contributed by atoms with E-state index in [0.29, 0.717) is 12.3 Å². The molecular weight excluding hydrogens is 208 g/mol. The van der Waals surface area contributed by atoms with Gasteiger partial charge in [-0.2, -0.15) is 0 Å². The van der Waals surface area contributed by atoms with Gasteiger partial charge in [-0.05, 0) is 30.7 Å². The van der Waals surface area contributed by atoms with Gasteiger partial charge in [-0.1, -0.05) is 6.07 Å². The van der Waals surface area contributed by atoms with Gasteiger partial charge in [0.05, 0.1) is 0 Å². The van der Waals surface area contributed by atoms with Crippen LogP contribution >= 0.6 is 11.6 Å². The maximum Gasteiger partial charge on any atom is 0.159 e. The lowest BCUT2D eigenvalue weighted by Gasteiger charge is -2.03. The average Bonchev–Trinajstić information content (AvgIpc) is 2.18. The van der Waals surface area contributed by atoms with Crippen LogP contribution in [0.1, 0.15) is 5.56 Å². The SMILES string of the molecule is Fc1ccc(CCNCCCl)cc1F. The molecule has 0 spiro atoms. The maximum atomic E-state index is 12.7. The van der Waals surface area contributed by atoms with Crippen LogP contribution in [0.15, 0.2) is 18.2 Å². The molecule has 0 heterocycles. The fourth-order valence-corrected chi connectivity index (χ4v) is 1.25. The van der Waals surface area contributed by atoms with Crippen LogP contribution < -0.4 is 5.32 Å². The molecule has 14 heavy (non-hydrogen) atoms. The summed E-state index contributed by atoms with van der Waals surface area (Å²) in [6.45, 7) is 1.45. The van der Waals surface area contributed by atoms with Gasteiger partial charge in [-0.3, -0.25) is 0 Å². The van der Waals surface area contributed by atoms with Crippen molar-refractivity contribution in [2.24, 2.45) is 0 Å². The maximum absolute atomic E-state index is 12.7. The number of hydrogen-bond donors (Lipinski definition) is 1. The van der Waals surface area contributed by atoms with Crippen molar-refractivity contribution in [2.45, 2.75) is 6.42 Å². The summed E-state index contributed by atoms with van der Waals surface area (Å²) < 4.78 is 25.3. The van der Waals surface area contributed by atoms with Crippen LogP contribution in [0, 0.1) is 11.6 Å². The van der Waals surface area contributed by atoms with E-state index in [0.717, 1.165) is 24.7 Å². The van der Waals surface area contributed by atoms with Gasteiger partial charge in [-0.15, -0.1) is 11.6 Å². The molecule has 0 saturated carbocycles. The number of alkyl halides is 1. The molecule has 0 aliphatic rings. The van der Waals surface area contributed by atoms with Gasteiger partial charge in [-0.25, -0.2) is 8.78 Å². The van der Waals surface area contributed by atoms with Gasteiger partial charge in [0, 0.05) is 12.4 Å². The summed E-state index contributed by atoms with van der Waals surface area (Å²) >= 11 is 5.46. The van der Waals surface area contributed by atoms with E-state index in [1.807, 2.05) is 0 Å². The topological polar surface area (TPSA) is 12.0 Å². The van der Waals surface area contributed by atoms with Crippen molar-refractivity contribution in [3.05, 3.63) is 35.4 Å². The van der Waals surface area contributed by atoms with E-state index in [2.05, 4.69) is 5.32 Å². The first kappa shape index (κ1) is 11.4. The molecule has 1 aromatic carbocycles. The number of benzene rings is 1. The zero-order valence-corrected chi connectivity index (χ0v) is 8.45. The van der Waals surface area contributed by atoms with E-state index in [1.54, 1.807) is 6.07 Å². The van der Waals surface area contributed by atoms with Gasteiger partial charge in [0.1, 0.15) is 0 Å². The number of nitrogens with one attached hydrogen (secondary N) is 1. The molecule has 0 bridgehead atoms. The van der Waals surface area contributed by atoms with Crippen molar-refractivity contribution in [1.82, 2.24) is 5.32 Å². The second-order valence-corrected chi connectivity index (χ2v) is 3.32. The molecule has 1 rings (SSSR count). The summed E-state index contributed by atoms with van der Waals surface area (Å²) in [5.41, 5.74) is 0.783. The van der Waals surface area contributed by atoms with Crippen LogP contribution in [-0.2, 0) is 6.42 Å². The normalized spacial score (nSPS) is 10.5. The van der Waals surface area contributed by atoms with Crippen LogP contribution in [0.25, 0.3) is 0 Å². The first-order valence-electron chi connectivity index (χ1n) is 4.44. The van der Waals surface area contributed by atoms with E-state index in [4.69, 9.17) is 11.6 Å². The summed E-state index contributed by atoms with van der Waals surface area (Å²) in [5.74, 6) is -1.04. The molecule has 1 N–H and O–H groups in total. The van der Waals surface area contributed by atoms with E-state index in [9.17, 15) is 8.78 Å². The van der Waals surface area contributed by atoms with Crippen molar-refractivity contribution in [1.29, 1.82) is 0 Å². The lowest BCUT2D eigenvalue weighted by atomic mass is 10.1. The largest absolute Gasteiger partial charge is 0.315 e. The minimum Gasteiger partial charge on any atom is -0.315 e. The fourth-order valence-electron chi connectivity index (χ4n) is 1.12. The molecule has 0 aliphatic carbocycles. The molecule has 1 aromatic rings. The van der Waals surface area contributed by atoms with Crippen LogP contribution in [0.3, 0.4) is 0 Å². The molecule has 0 saturated heterocycles. The molecule has 1 nitrogen and oxygen atoms in total. The Morgan fingerprint density at radius 1 is 1.14 bits per heavy atom. The molecule has 0 unspecified atom stereocenters. The molecule has 0 fully saturated rings. The van der Waals surface area contributed by atoms with Crippen molar-refractivity contribution >= 4 is 11.6 Å². The van der Waals surface area contributed by atoms with Crippen molar-refractivity contribution in [2.75, 3.05) is 19.0 Å². The van der Waals surface area contributed by atoms with Crippen molar-refractivity contribution in [3.63, 3.8) is 0 Å². The highest BCUT2D eigenvalue weighted by Crippen LogP contribution is 2.08. The second-order valence-electron chi connectivity index (χ2n) is 2.94. The van der Waals surface area contributed by atoms with Gasteiger partial charge in [0.2, 0.25) is 0 Å². The lowest BCUT2D eigenvalue weighted by Crippen LogP contribution is -2.19. The Morgan fingerprint density at radius 3 is 2.57 bits per heavy atom. The summed E-state index contributed by atoms with van der Waals surface area (Å²) in [6.07, 6.45) is 0.675. The van der Waals surface area contributed by atoms with E-state index in [1.165, 1.54) is 6.07 Å². The first-order valence-corrected chi connectivity index (χ1v) is 4.98. The monoisotopic (exact) mass is 219 g/mol. The average molecular weight is 220 g/mol. The summed E-state index contributed by atoms with van der Waals surface area (Å²) in [5, 5.41) is 3.07. The molecule has 78 valence electrons. The highest BCUT2D eigenvalue weighted by atomic mass is 35.5. The summed E-state index contributed by atoms with van der Waals surface area (Å²) in [4.78, 5) is 0. The molecule has 0 radical (unpaired) electrons. The number of hydrogen-bond acceptors (Lipinski definition) is 1. The number of rotatable bonds is 5. The Labute approximate surface area is 87.1 Å². The Kier molecular flexibility index (Phi) is 4.84. The quantitative estimate of drug-likeness (QED) is 0.592. The Balaban J connectivity index is 2.39. The minimum absolute atomic E-state index is 0.553. The third-order valence-corrected chi connectivity index (χ3v) is 2.03. The smallest absolute Gasteiger partial charge is 0.159 e. The fraction of sp³-hybridized carbons (Fsp3) is 0.400. The molecule has 0 amide bonds. The minimum atomic E-state index is -0.803. The standard InChI is InChI=1S/C10H12ClF2N/c11-4-6-14-5-3-8-1-2-9(12)10(13)7-8/h1-2,7,14H,3-6H2. The molecule has 0 atom stereocenters. The highest BCUT2D eigenvalue weighted by molar-refractivity contribution is 6.18. The molecule has 0 aromatic heterocycles. The van der Waals surface area contributed by atoms with E-state index >= 15 is 0 Å². The Morgan fingerprint density at radius 2 is 1.93 bits per heavy atom. The molecule has 0 aliphatic heterocycles. The second kappa shape index (κ2) is 5.94. The van der Waals surface area contributed by atoms with Crippen LogP contribution in [-0.4, -0.2) is 19.0 Å². The third-order valence-electron chi connectivity index (χ3n) is 1.85. The summed E-state index contributed by atoms with van der Waals surface area (Å²) in [6, 6.07) is 3.95. The van der Waals surface area contributed by atoms with Crippen LogP contribution in [0.2, 0.25) is 0 Å². The lowest BCUT2D eigenvalue weighted by molar-refractivity contribution is 0.506. The van der Waals surface area contributed by atoms with E-state index < -0.39 is 11.6 Å². The Hall–Kier alpha value is -0.670. The van der Waals surface area contributed by atoms with Gasteiger partial charge in [0.25, 0.3) is 0 Å². The van der Waals surface area contributed by atoms with Gasteiger partial charge in [0.15, 0.2) is 11.6 Å². The van der Waals surface area contributed by atoms with Crippen LogP contribution in [0.5, 0.6) is 0 Å². The third kappa shape index (κ3) is 3.60. The zero-order valence-electron chi connectivity index (χ0n) is 7.69. The number of halogens is 3. The zero-order chi connectivity index (χ0) is 10.4.